The molecule has 0 spiro atoms. The molecule has 3 rings (SSSR count). The van der Waals surface area contributed by atoms with Gasteiger partial charge in [0.1, 0.15) is 0 Å². The number of thiocarbonyl (C=S) groups is 1. The molecule has 4 nitrogen and oxygen atoms in total. The van der Waals surface area contributed by atoms with Crippen molar-refractivity contribution in [2.75, 3.05) is 11.4 Å². The number of anilines is 1. The van der Waals surface area contributed by atoms with Gasteiger partial charge in [0.2, 0.25) is 5.91 Å². The molecule has 2 aromatic rings. The monoisotopic (exact) mass is 368 g/mol. The van der Waals surface area contributed by atoms with Crippen molar-refractivity contribution >= 4 is 28.9 Å². The summed E-state index contributed by atoms with van der Waals surface area (Å²) in [5.41, 5.74) is 1.73. The highest BCUT2D eigenvalue weighted by atomic mass is 32.1. The molecule has 1 N–H and O–H groups in total. The lowest BCUT2D eigenvalue weighted by Gasteiger charge is -2.27. The molecular formula is C21H24N2O2S. The molecule has 136 valence electrons. The summed E-state index contributed by atoms with van der Waals surface area (Å²) >= 11 is 5.64. The van der Waals surface area contributed by atoms with Crippen LogP contribution in [0.3, 0.4) is 0 Å². The van der Waals surface area contributed by atoms with E-state index in [0.29, 0.717) is 11.7 Å². The number of carbonyl (C=O) groups is 1. The number of amides is 1. The minimum absolute atomic E-state index is 0.00169. The molecule has 1 saturated heterocycles. The van der Waals surface area contributed by atoms with Gasteiger partial charge in [-0.1, -0.05) is 62.4 Å². The molecule has 1 fully saturated rings. The summed E-state index contributed by atoms with van der Waals surface area (Å²) in [4.78, 5) is 16.7. The van der Waals surface area contributed by atoms with Gasteiger partial charge in [0.05, 0.1) is 18.6 Å². The fraction of sp³-hybridized carbons (Fsp3) is 0.333. The minimum Gasteiger partial charge on any atom is -0.388 e. The zero-order valence-electron chi connectivity index (χ0n) is 15.1. The van der Waals surface area contributed by atoms with Crippen molar-refractivity contribution in [1.29, 1.82) is 0 Å². The third-order valence-electron chi connectivity index (χ3n) is 4.80. The van der Waals surface area contributed by atoms with Crippen molar-refractivity contribution < 1.29 is 9.90 Å². The van der Waals surface area contributed by atoms with Crippen LogP contribution in [0.1, 0.15) is 31.9 Å². The third kappa shape index (κ3) is 3.79. The van der Waals surface area contributed by atoms with E-state index in [1.807, 2.05) is 65.6 Å². The van der Waals surface area contributed by atoms with E-state index in [4.69, 9.17) is 12.2 Å². The summed E-state index contributed by atoms with van der Waals surface area (Å²) in [5, 5.41) is 11.0. The molecule has 1 amide bonds. The summed E-state index contributed by atoms with van der Waals surface area (Å²) in [6.45, 7) is 4.86. The zero-order valence-corrected chi connectivity index (χ0v) is 15.9. The van der Waals surface area contributed by atoms with Crippen LogP contribution in [0.2, 0.25) is 0 Å². The molecular weight excluding hydrogens is 344 g/mol. The molecule has 1 aliphatic heterocycles. The van der Waals surface area contributed by atoms with Crippen LogP contribution >= 0.6 is 12.2 Å². The van der Waals surface area contributed by atoms with Gasteiger partial charge in [0.25, 0.3) is 0 Å². The number of hydrogen-bond acceptors (Lipinski definition) is 3. The number of rotatable bonds is 5. The Kier molecular flexibility index (Phi) is 5.69. The largest absolute Gasteiger partial charge is 0.388 e. The van der Waals surface area contributed by atoms with E-state index in [1.54, 1.807) is 4.90 Å². The Bertz CT molecular complexity index is 764. The predicted molar refractivity (Wildman–Crippen MR) is 108 cm³/mol. The smallest absolute Gasteiger partial charge is 0.232 e. The van der Waals surface area contributed by atoms with Crippen molar-refractivity contribution in [2.45, 2.75) is 32.4 Å². The third-order valence-corrected chi connectivity index (χ3v) is 5.21. The molecule has 0 saturated carbocycles. The Morgan fingerprint density at radius 1 is 1.12 bits per heavy atom. The number of nitrogens with zero attached hydrogens (tertiary/aromatic N) is 2. The first-order valence-corrected chi connectivity index (χ1v) is 9.31. The highest BCUT2D eigenvalue weighted by Gasteiger charge is 2.40. The topological polar surface area (TPSA) is 43.8 Å². The Labute approximate surface area is 160 Å². The summed E-state index contributed by atoms with van der Waals surface area (Å²) in [6.07, 6.45) is -0.805. The first kappa shape index (κ1) is 18.5. The van der Waals surface area contributed by atoms with Crippen LogP contribution in [0, 0.1) is 5.92 Å². The Hall–Kier alpha value is -2.24. The summed E-state index contributed by atoms with van der Waals surface area (Å²) < 4.78 is 0. The van der Waals surface area contributed by atoms with Crippen molar-refractivity contribution in [2.24, 2.45) is 5.92 Å². The number of hydrogen-bond donors (Lipinski definition) is 1. The van der Waals surface area contributed by atoms with Crippen LogP contribution in [0.4, 0.5) is 5.69 Å². The molecule has 1 heterocycles. The van der Waals surface area contributed by atoms with Gasteiger partial charge < -0.3 is 10.0 Å². The van der Waals surface area contributed by atoms with Crippen molar-refractivity contribution in [3.8, 4) is 0 Å². The second-order valence-corrected chi connectivity index (χ2v) is 7.30. The first-order chi connectivity index (χ1) is 12.5. The number of carbonyl (C=O) groups excluding carboxylic acids is 1. The van der Waals surface area contributed by atoms with E-state index in [9.17, 15) is 9.90 Å². The van der Waals surface area contributed by atoms with Crippen molar-refractivity contribution in [1.82, 2.24) is 4.90 Å². The first-order valence-electron chi connectivity index (χ1n) is 8.90. The number of aliphatic hydroxyl groups excluding tert-OH is 1. The average molecular weight is 369 g/mol. The summed E-state index contributed by atoms with van der Waals surface area (Å²) in [7, 11) is 0. The molecule has 5 heteroatoms. The second-order valence-electron chi connectivity index (χ2n) is 6.93. The van der Waals surface area contributed by atoms with E-state index in [-0.39, 0.29) is 24.3 Å². The SMILES string of the molecule is CC(C)[C@H]1CN(c2ccccc2)C(=S)N1C(=O)C[C@@H](O)c1ccccc1. The molecule has 0 aliphatic carbocycles. The quantitative estimate of drug-likeness (QED) is 0.816. The Balaban J connectivity index is 1.80. The van der Waals surface area contributed by atoms with Gasteiger partial charge >= 0.3 is 0 Å². The molecule has 1 aliphatic rings. The Morgan fingerprint density at radius 3 is 2.27 bits per heavy atom. The standard InChI is InChI=1S/C21H24N2O2S/c1-15(2)18-14-22(17-11-7-4-8-12-17)21(26)23(18)20(25)13-19(24)16-9-5-3-6-10-16/h3-12,15,18-19,24H,13-14H2,1-2H3/t18-,19-/m1/s1. The molecule has 0 radical (unpaired) electrons. The molecule has 26 heavy (non-hydrogen) atoms. The minimum atomic E-state index is -0.829. The number of aliphatic hydroxyl groups is 1. The summed E-state index contributed by atoms with van der Waals surface area (Å²) in [5.74, 6) is 0.128. The normalized spacial score (nSPS) is 18.5. The average Bonchev–Trinajstić information content (AvgIpc) is 3.01. The molecule has 0 unspecified atom stereocenters. The van der Waals surface area contributed by atoms with Gasteiger partial charge in [-0.2, -0.15) is 0 Å². The maximum absolute atomic E-state index is 13.0. The van der Waals surface area contributed by atoms with Gasteiger partial charge in [-0.15, -0.1) is 0 Å². The van der Waals surface area contributed by atoms with Gasteiger partial charge in [-0.3, -0.25) is 9.69 Å². The number of para-hydroxylation sites is 1. The zero-order chi connectivity index (χ0) is 18.7. The Morgan fingerprint density at radius 2 is 1.69 bits per heavy atom. The fourth-order valence-electron chi connectivity index (χ4n) is 3.30. The van der Waals surface area contributed by atoms with Crippen LogP contribution in [0.15, 0.2) is 60.7 Å². The van der Waals surface area contributed by atoms with E-state index >= 15 is 0 Å². The van der Waals surface area contributed by atoms with E-state index in [0.717, 1.165) is 11.3 Å². The van der Waals surface area contributed by atoms with Gasteiger partial charge in [0.15, 0.2) is 5.11 Å². The second kappa shape index (κ2) is 7.98. The van der Waals surface area contributed by atoms with E-state index < -0.39 is 6.10 Å². The van der Waals surface area contributed by atoms with Crippen LogP contribution < -0.4 is 4.90 Å². The van der Waals surface area contributed by atoms with E-state index in [2.05, 4.69) is 13.8 Å². The van der Waals surface area contributed by atoms with Gasteiger partial charge in [0, 0.05) is 12.2 Å². The maximum Gasteiger partial charge on any atom is 0.232 e. The van der Waals surface area contributed by atoms with Crippen LogP contribution in [-0.4, -0.2) is 33.6 Å². The maximum atomic E-state index is 13.0. The molecule has 0 aromatic heterocycles. The summed E-state index contributed by atoms with van der Waals surface area (Å²) in [6, 6.07) is 19.1. The number of benzene rings is 2. The van der Waals surface area contributed by atoms with Gasteiger partial charge in [-0.05, 0) is 35.8 Å². The molecule has 2 aromatic carbocycles. The fourth-order valence-corrected chi connectivity index (χ4v) is 3.72. The predicted octanol–water partition coefficient (Wildman–Crippen LogP) is 3.77. The lowest BCUT2D eigenvalue weighted by molar-refractivity contribution is -0.131. The van der Waals surface area contributed by atoms with E-state index in [1.165, 1.54) is 0 Å². The molecule has 0 bridgehead atoms. The van der Waals surface area contributed by atoms with Gasteiger partial charge in [-0.25, -0.2) is 0 Å². The highest BCUT2D eigenvalue weighted by Crippen LogP contribution is 2.29. The van der Waals surface area contributed by atoms with Crippen LogP contribution in [-0.2, 0) is 4.79 Å². The van der Waals surface area contributed by atoms with Crippen LogP contribution in [0.5, 0.6) is 0 Å². The molecule has 2 atom stereocenters. The highest BCUT2D eigenvalue weighted by molar-refractivity contribution is 7.80. The lowest BCUT2D eigenvalue weighted by Crippen LogP contribution is -2.42. The van der Waals surface area contributed by atoms with Crippen LogP contribution in [0.25, 0.3) is 0 Å². The van der Waals surface area contributed by atoms with Crippen molar-refractivity contribution in [3.63, 3.8) is 0 Å². The lowest BCUT2D eigenvalue weighted by atomic mass is 10.0. The van der Waals surface area contributed by atoms with Crippen molar-refractivity contribution in [3.05, 3.63) is 66.2 Å².